The van der Waals surface area contributed by atoms with Gasteiger partial charge in [-0.2, -0.15) is 13.2 Å². The molecule has 0 unspecified atom stereocenters. The Labute approximate surface area is 119 Å². The normalized spacial score (nSPS) is 24.0. The highest BCUT2D eigenvalue weighted by atomic mass is 19.4. The lowest BCUT2D eigenvalue weighted by Gasteiger charge is -2.38. The Morgan fingerprint density at radius 3 is 2.81 bits per heavy atom. The maximum Gasteiger partial charge on any atom is 0.405 e. The summed E-state index contributed by atoms with van der Waals surface area (Å²) in [5.41, 5.74) is 1.40. The molecule has 1 aliphatic heterocycles. The van der Waals surface area contributed by atoms with Crippen molar-refractivity contribution in [3.63, 3.8) is 0 Å². The molecule has 116 valence electrons. The van der Waals surface area contributed by atoms with E-state index < -0.39 is 24.7 Å². The zero-order chi connectivity index (χ0) is 15.1. The van der Waals surface area contributed by atoms with E-state index in [0.717, 1.165) is 37.1 Å². The Morgan fingerprint density at radius 1 is 1.43 bits per heavy atom. The van der Waals surface area contributed by atoms with Gasteiger partial charge in [0, 0.05) is 12.1 Å². The second-order valence-corrected chi connectivity index (χ2v) is 5.75. The zero-order valence-electron chi connectivity index (χ0n) is 11.4. The van der Waals surface area contributed by atoms with Gasteiger partial charge in [0.2, 0.25) is 5.91 Å². The number of nitrogens with zero attached hydrogens (tertiary/aromatic N) is 1. The summed E-state index contributed by atoms with van der Waals surface area (Å²) >= 11 is 0. The molecule has 1 amide bonds. The molecule has 1 aromatic rings. The van der Waals surface area contributed by atoms with Gasteiger partial charge in [0.15, 0.2) is 0 Å². The Hall–Kier alpha value is -1.57. The number of H-pyrrole nitrogens is 1. The van der Waals surface area contributed by atoms with E-state index in [0.29, 0.717) is 6.42 Å². The van der Waals surface area contributed by atoms with Gasteiger partial charge in [0.25, 0.3) is 0 Å². The summed E-state index contributed by atoms with van der Waals surface area (Å²) in [6.45, 7) is -1.30. The highest BCUT2D eigenvalue weighted by Gasteiger charge is 2.45. The number of aromatic nitrogens is 2. The first-order valence-electron chi connectivity index (χ1n) is 7.04. The van der Waals surface area contributed by atoms with Gasteiger partial charge in [-0.25, -0.2) is 4.98 Å². The zero-order valence-corrected chi connectivity index (χ0v) is 11.4. The third kappa shape index (κ3) is 2.76. The molecule has 2 heterocycles. The number of amides is 1. The maximum atomic E-state index is 12.2. The van der Waals surface area contributed by atoms with E-state index in [1.165, 1.54) is 0 Å². The highest BCUT2D eigenvalue weighted by molar-refractivity contribution is 5.82. The molecular weight excluding hydrogens is 285 g/mol. The van der Waals surface area contributed by atoms with Gasteiger partial charge in [-0.1, -0.05) is 12.8 Å². The molecule has 0 aromatic carbocycles. The minimum Gasteiger partial charge on any atom is -0.348 e. The van der Waals surface area contributed by atoms with Gasteiger partial charge in [-0.05, 0) is 12.8 Å². The number of nitrogens with one attached hydrogen (secondary N) is 3. The lowest BCUT2D eigenvalue weighted by Crippen LogP contribution is -2.57. The van der Waals surface area contributed by atoms with Crippen LogP contribution in [0.1, 0.15) is 37.1 Å². The number of carbonyl (C=O) groups excluding carboxylic acids is 1. The topological polar surface area (TPSA) is 69.8 Å². The Morgan fingerprint density at radius 2 is 2.14 bits per heavy atom. The molecule has 1 spiro atoms. The van der Waals surface area contributed by atoms with E-state index in [-0.39, 0.29) is 5.54 Å². The summed E-state index contributed by atoms with van der Waals surface area (Å²) in [6.07, 6.45) is 1.28. The molecule has 2 aliphatic rings. The van der Waals surface area contributed by atoms with Crippen LogP contribution >= 0.6 is 0 Å². The fourth-order valence-corrected chi connectivity index (χ4v) is 3.37. The van der Waals surface area contributed by atoms with E-state index in [4.69, 9.17) is 0 Å². The SMILES string of the molecule is O=C(NCC(F)(F)F)[C@@H]1Cc2[nH]cnc2C2(CCCC2)N1. The fourth-order valence-electron chi connectivity index (χ4n) is 3.37. The molecule has 3 rings (SSSR count). The number of alkyl halides is 3. The third-order valence-corrected chi connectivity index (χ3v) is 4.27. The van der Waals surface area contributed by atoms with Crippen LogP contribution < -0.4 is 10.6 Å². The summed E-state index contributed by atoms with van der Waals surface area (Å²) in [5, 5.41) is 5.21. The molecule has 1 aliphatic carbocycles. The fraction of sp³-hybridized carbons (Fsp3) is 0.692. The predicted octanol–water partition coefficient (Wildman–Crippen LogP) is 1.37. The van der Waals surface area contributed by atoms with Gasteiger partial charge >= 0.3 is 6.18 Å². The molecule has 3 N–H and O–H groups in total. The van der Waals surface area contributed by atoms with Crippen molar-refractivity contribution in [3.8, 4) is 0 Å². The van der Waals surface area contributed by atoms with Crippen molar-refractivity contribution in [1.29, 1.82) is 0 Å². The first kappa shape index (κ1) is 14.4. The van der Waals surface area contributed by atoms with E-state index in [9.17, 15) is 18.0 Å². The van der Waals surface area contributed by atoms with E-state index in [1.807, 2.05) is 5.32 Å². The van der Waals surface area contributed by atoms with Gasteiger partial charge in [0.1, 0.15) is 6.54 Å². The van der Waals surface area contributed by atoms with Crippen LogP contribution in [0.15, 0.2) is 6.33 Å². The molecule has 0 bridgehead atoms. The second kappa shape index (κ2) is 5.01. The van der Waals surface area contributed by atoms with E-state index in [1.54, 1.807) is 6.33 Å². The average Bonchev–Trinajstić information content (AvgIpc) is 3.05. The monoisotopic (exact) mass is 302 g/mol. The average molecular weight is 302 g/mol. The third-order valence-electron chi connectivity index (χ3n) is 4.27. The summed E-state index contributed by atoms with van der Waals surface area (Å²) in [7, 11) is 0. The first-order valence-corrected chi connectivity index (χ1v) is 7.04. The number of hydrogen-bond donors (Lipinski definition) is 3. The lowest BCUT2D eigenvalue weighted by atomic mass is 9.85. The quantitative estimate of drug-likeness (QED) is 0.773. The van der Waals surface area contributed by atoms with Crippen LogP contribution in [-0.2, 0) is 16.8 Å². The summed E-state index contributed by atoms with van der Waals surface area (Å²) in [5.74, 6) is -0.612. The van der Waals surface area contributed by atoms with Crippen molar-refractivity contribution in [2.24, 2.45) is 0 Å². The van der Waals surface area contributed by atoms with Crippen molar-refractivity contribution < 1.29 is 18.0 Å². The molecule has 0 saturated heterocycles. The van der Waals surface area contributed by atoms with Crippen LogP contribution in [0.3, 0.4) is 0 Å². The Bertz CT molecular complexity index is 534. The van der Waals surface area contributed by atoms with Crippen molar-refractivity contribution in [2.75, 3.05) is 6.54 Å². The van der Waals surface area contributed by atoms with Crippen LogP contribution in [0, 0.1) is 0 Å². The van der Waals surface area contributed by atoms with Gasteiger partial charge in [0.05, 0.1) is 23.6 Å². The summed E-state index contributed by atoms with van der Waals surface area (Å²) in [6, 6.07) is -0.654. The highest BCUT2D eigenvalue weighted by Crippen LogP contribution is 2.41. The number of halogens is 3. The number of carbonyl (C=O) groups is 1. The molecule has 0 radical (unpaired) electrons. The smallest absolute Gasteiger partial charge is 0.348 e. The lowest BCUT2D eigenvalue weighted by molar-refractivity contribution is -0.140. The van der Waals surface area contributed by atoms with Crippen LogP contribution in [0.2, 0.25) is 0 Å². The van der Waals surface area contributed by atoms with Crippen molar-refractivity contribution in [2.45, 2.75) is 49.9 Å². The Kier molecular flexibility index (Phi) is 3.43. The van der Waals surface area contributed by atoms with Gasteiger partial charge in [-0.15, -0.1) is 0 Å². The molecule has 1 atom stereocenters. The van der Waals surface area contributed by atoms with Gasteiger partial charge < -0.3 is 10.3 Å². The number of rotatable bonds is 2. The second-order valence-electron chi connectivity index (χ2n) is 5.75. The minimum atomic E-state index is -4.39. The molecule has 8 heteroatoms. The van der Waals surface area contributed by atoms with Crippen molar-refractivity contribution >= 4 is 5.91 Å². The Balaban J connectivity index is 1.76. The van der Waals surface area contributed by atoms with Crippen LogP contribution in [0.25, 0.3) is 0 Å². The molecule has 1 saturated carbocycles. The van der Waals surface area contributed by atoms with E-state index >= 15 is 0 Å². The van der Waals surface area contributed by atoms with Gasteiger partial charge in [-0.3, -0.25) is 10.1 Å². The van der Waals surface area contributed by atoms with E-state index in [2.05, 4.69) is 15.3 Å². The first-order chi connectivity index (χ1) is 9.90. The molecular formula is C13H17F3N4O. The number of hydrogen-bond acceptors (Lipinski definition) is 3. The van der Waals surface area contributed by atoms with Crippen molar-refractivity contribution in [3.05, 3.63) is 17.7 Å². The molecule has 5 nitrogen and oxygen atoms in total. The summed E-state index contributed by atoms with van der Waals surface area (Å²) in [4.78, 5) is 19.4. The number of fused-ring (bicyclic) bond motifs is 2. The maximum absolute atomic E-state index is 12.2. The largest absolute Gasteiger partial charge is 0.405 e. The number of imidazole rings is 1. The summed E-state index contributed by atoms with van der Waals surface area (Å²) < 4.78 is 36.6. The molecule has 1 aromatic heterocycles. The van der Waals surface area contributed by atoms with Crippen LogP contribution in [0.4, 0.5) is 13.2 Å². The molecule has 1 fully saturated rings. The van der Waals surface area contributed by atoms with Crippen LogP contribution in [-0.4, -0.2) is 34.6 Å². The molecule has 21 heavy (non-hydrogen) atoms. The van der Waals surface area contributed by atoms with Crippen LogP contribution in [0.5, 0.6) is 0 Å². The minimum absolute atomic E-state index is 0.334. The van der Waals surface area contributed by atoms with Crippen molar-refractivity contribution in [1.82, 2.24) is 20.6 Å². The number of aromatic amines is 1. The standard InChI is InChI=1S/C13H17F3N4O/c14-13(15,16)6-17-11(21)9-5-8-10(19-7-18-8)12(20-9)3-1-2-4-12/h7,9,20H,1-6H2,(H,17,21)(H,18,19)/t9-/m0/s1. The predicted molar refractivity (Wildman–Crippen MR) is 68.4 cm³/mol.